The third kappa shape index (κ3) is 5.68. The molecule has 1 aromatic carbocycles. The molecule has 2 rings (SSSR count). The third-order valence-electron chi connectivity index (χ3n) is 4.59. The molecule has 1 N–H and O–H groups in total. The number of benzene rings is 1. The van der Waals surface area contributed by atoms with Gasteiger partial charge in [0.05, 0.1) is 4.92 Å². The summed E-state index contributed by atoms with van der Waals surface area (Å²) in [5.74, 6) is -0.555. The highest BCUT2D eigenvalue weighted by Gasteiger charge is 2.25. The monoisotopic (exact) mass is 360 g/mol. The van der Waals surface area contributed by atoms with Crippen LogP contribution in [0.25, 0.3) is 6.08 Å². The minimum Gasteiger partial charge on any atom is -0.449 e. The van der Waals surface area contributed by atoms with Crippen LogP contribution < -0.4 is 5.32 Å². The van der Waals surface area contributed by atoms with Gasteiger partial charge in [-0.2, -0.15) is 0 Å². The summed E-state index contributed by atoms with van der Waals surface area (Å²) >= 11 is 0. The maximum atomic E-state index is 12.2. The van der Waals surface area contributed by atoms with Crippen molar-refractivity contribution in [3.8, 4) is 0 Å². The van der Waals surface area contributed by atoms with Crippen molar-refractivity contribution in [3.05, 3.63) is 46.0 Å². The van der Waals surface area contributed by atoms with E-state index in [1.165, 1.54) is 37.6 Å². The van der Waals surface area contributed by atoms with Gasteiger partial charge < -0.3 is 10.1 Å². The lowest BCUT2D eigenvalue weighted by Crippen LogP contribution is -2.45. The van der Waals surface area contributed by atoms with Crippen molar-refractivity contribution in [1.82, 2.24) is 5.32 Å². The van der Waals surface area contributed by atoms with Crippen molar-refractivity contribution >= 4 is 23.6 Å². The molecule has 0 radical (unpaired) electrons. The van der Waals surface area contributed by atoms with E-state index >= 15 is 0 Å². The minimum absolute atomic E-state index is 0.0603. The van der Waals surface area contributed by atoms with E-state index in [2.05, 4.69) is 12.2 Å². The van der Waals surface area contributed by atoms with Crippen LogP contribution in [0.2, 0.25) is 0 Å². The van der Waals surface area contributed by atoms with Gasteiger partial charge in [-0.05, 0) is 37.3 Å². The van der Waals surface area contributed by atoms with Crippen LogP contribution >= 0.6 is 0 Å². The molecule has 26 heavy (non-hydrogen) atoms. The Hall–Kier alpha value is -2.70. The van der Waals surface area contributed by atoms with Gasteiger partial charge >= 0.3 is 5.97 Å². The van der Waals surface area contributed by atoms with Gasteiger partial charge in [-0.15, -0.1) is 0 Å². The molecule has 1 saturated carbocycles. The number of rotatable bonds is 6. The molecule has 0 bridgehead atoms. The first kappa shape index (κ1) is 19.6. The van der Waals surface area contributed by atoms with Crippen molar-refractivity contribution in [2.24, 2.45) is 5.92 Å². The van der Waals surface area contributed by atoms with Crippen LogP contribution in [0.15, 0.2) is 30.3 Å². The van der Waals surface area contributed by atoms with Gasteiger partial charge in [0.25, 0.3) is 11.6 Å². The quantitative estimate of drug-likeness (QED) is 0.363. The molecule has 0 heterocycles. The number of nitro benzene ring substituents is 1. The van der Waals surface area contributed by atoms with Crippen molar-refractivity contribution in [2.75, 3.05) is 0 Å². The number of nitrogens with one attached hydrogen (secondary N) is 1. The van der Waals surface area contributed by atoms with E-state index in [0.717, 1.165) is 25.3 Å². The Labute approximate surface area is 152 Å². The number of amides is 1. The smallest absolute Gasteiger partial charge is 0.331 e. The standard InChI is InChI=1S/C19H24N2O5/c1-13-6-3-4-9-17(13)20-19(23)14(2)26-18(22)11-10-15-7-5-8-16(12-15)21(24)25/h5,7-8,10-14,17H,3-4,6,9H2,1-2H3,(H,20,23)/b11-10+/t13-,14+,17+/m0/s1. The SMILES string of the molecule is C[C@@H](OC(=O)/C=C/c1cccc([N+](=O)[O-])c1)C(=O)N[C@@H]1CCCC[C@@H]1C. The van der Waals surface area contributed by atoms with E-state index in [4.69, 9.17) is 4.74 Å². The summed E-state index contributed by atoms with van der Waals surface area (Å²) in [5, 5.41) is 13.7. The fourth-order valence-corrected chi connectivity index (χ4v) is 3.00. The van der Waals surface area contributed by atoms with Gasteiger partial charge in [-0.1, -0.05) is 31.9 Å². The molecule has 0 aromatic heterocycles. The number of non-ortho nitro benzene ring substituents is 1. The molecular weight excluding hydrogens is 336 g/mol. The Morgan fingerprint density at radius 1 is 1.35 bits per heavy atom. The molecule has 0 unspecified atom stereocenters. The largest absolute Gasteiger partial charge is 0.449 e. The zero-order chi connectivity index (χ0) is 19.1. The van der Waals surface area contributed by atoms with E-state index in [0.29, 0.717) is 11.5 Å². The molecule has 1 aliphatic rings. The third-order valence-corrected chi connectivity index (χ3v) is 4.59. The van der Waals surface area contributed by atoms with Gasteiger partial charge in [-0.3, -0.25) is 14.9 Å². The first-order valence-electron chi connectivity index (χ1n) is 8.80. The maximum absolute atomic E-state index is 12.2. The summed E-state index contributed by atoms with van der Waals surface area (Å²) in [6.45, 7) is 3.64. The summed E-state index contributed by atoms with van der Waals surface area (Å²) in [6, 6.07) is 6.01. The number of carbonyl (C=O) groups excluding carboxylic acids is 2. The van der Waals surface area contributed by atoms with Crippen LogP contribution in [0.1, 0.15) is 45.1 Å². The van der Waals surface area contributed by atoms with Gasteiger partial charge in [-0.25, -0.2) is 4.79 Å². The lowest BCUT2D eigenvalue weighted by Gasteiger charge is -2.30. The molecule has 0 saturated heterocycles. The van der Waals surface area contributed by atoms with Crippen molar-refractivity contribution in [1.29, 1.82) is 0 Å². The average Bonchev–Trinajstić information content (AvgIpc) is 2.62. The fraction of sp³-hybridized carbons (Fsp3) is 0.474. The number of hydrogen-bond donors (Lipinski definition) is 1. The molecule has 3 atom stereocenters. The van der Waals surface area contributed by atoms with E-state index < -0.39 is 17.0 Å². The molecule has 1 fully saturated rings. The Kier molecular flexibility index (Phi) is 6.89. The number of carbonyl (C=O) groups is 2. The van der Waals surface area contributed by atoms with E-state index in [-0.39, 0.29) is 17.6 Å². The zero-order valence-electron chi connectivity index (χ0n) is 15.0. The van der Waals surface area contributed by atoms with Crippen LogP contribution in [0.5, 0.6) is 0 Å². The summed E-state index contributed by atoms with van der Waals surface area (Å²) < 4.78 is 5.12. The Balaban J connectivity index is 1.87. The number of hydrogen-bond acceptors (Lipinski definition) is 5. The van der Waals surface area contributed by atoms with Gasteiger partial charge in [0.2, 0.25) is 0 Å². The first-order valence-corrected chi connectivity index (χ1v) is 8.80. The number of nitrogens with zero attached hydrogens (tertiary/aromatic N) is 1. The van der Waals surface area contributed by atoms with Gasteiger partial charge in [0, 0.05) is 24.3 Å². The second kappa shape index (κ2) is 9.12. The molecule has 7 heteroatoms. The topological polar surface area (TPSA) is 98.5 Å². The maximum Gasteiger partial charge on any atom is 0.331 e. The Bertz CT molecular complexity index is 701. The normalized spacial score (nSPS) is 21.2. The van der Waals surface area contributed by atoms with E-state index in [1.807, 2.05) is 0 Å². The Morgan fingerprint density at radius 2 is 2.08 bits per heavy atom. The van der Waals surface area contributed by atoms with Gasteiger partial charge in [0.1, 0.15) is 0 Å². The number of ether oxygens (including phenoxy) is 1. The van der Waals surface area contributed by atoms with E-state index in [1.54, 1.807) is 6.07 Å². The molecule has 7 nitrogen and oxygen atoms in total. The van der Waals surface area contributed by atoms with Crippen LogP contribution in [0.4, 0.5) is 5.69 Å². The minimum atomic E-state index is -0.897. The molecule has 1 aromatic rings. The van der Waals surface area contributed by atoms with Gasteiger partial charge in [0.15, 0.2) is 6.10 Å². The first-order chi connectivity index (χ1) is 12.4. The molecular formula is C19H24N2O5. The predicted octanol–water partition coefficient (Wildman–Crippen LogP) is 3.23. The molecule has 140 valence electrons. The van der Waals surface area contributed by atoms with Crippen LogP contribution in [0, 0.1) is 16.0 Å². The average molecular weight is 360 g/mol. The van der Waals surface area contributed by atoms with Crippen molar-refractivity contribution in [3.63, 3.8) is 0 Å². The predicted molar refractivity (Wildman–Crippen MR) is 97.2 cm³/mol. The highest BCUT2D eigenvalue weighted by atomic mass is 16.6. The number of esters is 1. The fourth-order valence-electron chi connectivity index (χ4n) is 3.00. The van der Waals surface area contributed by atoms with Crippen LogP contribution in [-0.4, -0.2) is 28.9 Å². The van der Waals surface area contributed by atoms with Crippen molar-refractivity contribution in [2.45, 2.75) is 51.7 Å². The summed E-state index contributed by atoms with van der Waals surface area (Å²) in [7, 11) is 0. The highest BCUT2D eigenvalue weighted by Crippen LogP contribution is 2.23. The lowest BCUT2D eigenvalue weighted by molar-refractivity contribution is -0.384. The molecule has 0 aliphatic heterocycles. The van der Waals surface area contributed by atoms with E-state index in [9.17, 15) is 19.7 Å². The molecule has 0 spiro atoms. The summed E-state index contributed by atoms with van der Waals surface area (Å²) in [5.41, 5.74) is 0.444. The Morgan fingerprint density at radius 3 is 2.77 bits per heavy atom. The second-order valence-electron chi connectivity index (χ2n) is 6.64. The number of nitro groups is 1. The summed E-state index contributed by atoms with van der Waals surface area (Å²) in [4.78, 5) is 34.3. The second-order valence-corrected chi connectivity index (χ2v) is 6.64. The summed E-state index contributed by atoms with van der Waals surface area (Å²) in [6.07, 6.45) is 5.99. The molecule has 1 amide bonds. The molecule has 1 aliphatic carbocycles. The zero-order valence-corrected chi connectivity index (χ0v) is 15.0. The lowest BCUT2D eigenvalue weighted by atomic mass is 9.86. The highest BCUT2D eigenvalue weighted by molar-refractivity contribution is 5.90. The van der Waals surface area contributed by atoms with Crippen LogP contribution in [0.3, 0.4) is 0 Å². The van der Waals surface area contributed by atoms with Crippen LogP contribution in [-0.2, 0) is 14.3 Å². The van der Waals surface area contributed by atoms with Crippen molar-refractivity contribution < 1.29 is 19.2 Å².